The summed E-state index contributed by atoms with van der Waals surface area (Å²) in [5.74, 6) is 0.890. The summed E-state index contributed by atoms with van der Waals surface area (Å²) < 4.78 is 0. The van der Waals surface area contributed by atoms with Crippen LogP contribution >= 0.6 is 0 Å². The summed E-state index contributed by atoms with van der Waals surface area (Å²) in [5, 5.41) is 3.50. The molecule has 0 aromatic heterocycles. The molecule has 1 nitrogen and oxygen atoms in total. The number of hydrogen-bond acceptors (Lipinski definition) is 1. The third-order valence-electron chi connectivity index (χ3n) is 4.06. The highest BCUT2D eigenvalue weighted by atomic mass is 14.9. The molecule has 1 heteroatoms. The lowest BCUT2D eigenvalue weighted by atomic mass is 9.86. The van der Waals surface area contributed by atoms with Crippen LogP contribution in [0.4, 0.5) is 0 Å². The van der Waals surface area contributed by atoms with E-state index in [0.29, 0.717) is 0 Å². The smallest absolute Gasteiger partial charge is 0.00204 e. The Bertz CT molecular complexity index is 352. The van der Waals surface area contributed by atoms with E-state index in [2.05, 4.69) is 50.4 Å². The molecular weight excluding hydrogens is 218 g/mol. The van der Waals surface area contributed by atoms with E-state index in [4.69, 9.17) is 0 Å². The monoisotopic (exact) mass is 245 g/mol. The fourth-order valence-electron chi connectivity index (χ4n) is 2.71. The van der Waals surface area contributed by atoms with Gasteiger partial charge in [-0.05, 0) is 61.2 Å². The Morgan fingerprint density at radius 1 is 1.17 bits per heavy atom. The molecule has 100 valence electrons. The lowest BCUT2D eigenvalue weighted by molar-refractivity contribution is 0.358. The first-order valence-electron chi connectivity index (χ1n) is 7.36. The molecule has 1 aliphatic rings. The van der Waals surface area contributed by atoms with Crippen LogP contribution in [0.15, 0.2) is 24.3 Å². The van der Waals surface area contributed by atoms with Crippen molar-refractivity contribution >= 4 is 0 Å². The molecule has 0 saturated carbocycles. The van der Waals surface area contributed by atoms with Crippen LogP contribution in [0.5, 0.6) is 0 Å². The van der Waals surface area contributed by atoms with Gasteiger partial charge in [-0.15, -0.1) is 0 Å². The molecule has 0 aliphatic carbocycles. The highest BCUT2D eigenvalue weighted by Gasteiger charge is 2.14. The number of nitrogens with one attached hydrogen (secondary N) is 1. The van der Waals surface area contributed by atoms with Gasteiger partial charge in [0.1, 0.15) is 0 Å². The van der Waals surface area contributed by atoms with Gasteiger partial charge in [0.15, 0.2) is 0 Å². The number of hydrogen-bond donors (Lipinski definition) is 1. The van der Waals surface area contributed by atoms with Crippen molar-refractivity contribution in [3.8, 4) is 0 Å². The molecule has 1 aliphatic heterocycles. The number of aryl methyl sites for hydroxylation is 1. The van der Waals surface area contributed by atoms with Crippen LogP contribution in [0.1, 0.15) is 51.2 Å². The molecule has 0 spiro atoms. The predicted molar refractivity (Wildman–Crippen MR) is 79.1 cm³/mol. The van der Waals surface area contributed by atoms with Crippen molar-refractivity contribution in [2.24, 2.45) is 5.92 Å². The summed E-state index contributed by atoms with van der Waals surface area (Å²) >= 11 is 0. The average molecular weight is 245 g/mol. The van der Waals surface area contributed by atoms with Crippen LogP contribution < -0.4 is 5.32 Å². The van der Waals surface area contributed by atoms with Crippen molar-refractivity contribution in [2.75, 3.05) is 13.1 Å². The number of benzene rings is 1. The lowest BCUT2D eigenvalue weighted by Crippen LogP contribution is -2.29. The van der Waals surface area contributed by atoms with Gasteiger partial charge in [0.05, 0.1) is 0 Å². The van der Waals surface area contributed by atoms with E-state index < -0.39 is 0 Å². The van der Waals surface area contributed by atoms with Gasteiger partial charge >= 0.3 is 0 Å². The normalized spacial score (nSPS) is 20.9. The zero-order valence-corrected chi connectivity index (χ0v) is 12.1. The summed E-state index contributed by atoms with van der Waals surface area (Å²) in [6.45, 7) is 9.26. The maximum absolute atomic E-state index is 3.50. The van der Waals surface area contributed by atoms with E-state index in [9.17, 15) is 0 Å². The van der Waals surface area contributed by atoms with E-state index in [0.717, 1.165) is 5.92 Å². The van der Waals surface area contributed by atoms with Crippen molar-refractivity contribution in [1.82, 2.24) is 5.32 Å². The van der Waals surface area contributed by atoms with Crippen molar-refractivity contribution in [1.29, 1.82) is 0 Å². The first-order valence-corrected chi connectivity index (χ1v) is 7.36. The van der Waals surface area contributed by atoms with Gasteiger partial charge in [0.2, 0.25) is 0 Å². The van der Waals surface area contributed by atoms with E-state index in [-0.39, 0.29) is 5.41 Å². The lowest BCUT2D eigenvalue weighted by Gasteiger charge is -2.23. The van der Waals surface area contributed by atoms with Crippen LogP contribution in [-0.2, 0) is 11.8 Å². The summed E-state index contributed by atoms with van der Waals surface area (Å²) in [7, 11) is 0. The summed E-state index contributed by atoms with van der Waals surface area (Å²) in [6, 6.07) is 9.23. The van der Waals surface area contributed by atoms with E-state index in [1.807, 2.05) is 0 Å². The third kappa shape index (κ3) is 3.84. The third-order valence-corrected chi connectivity index (χ3v) is 4.06. The van der Waals surface area contributed by atoms with Gasteiger partial charge in [0, 0.05) is 0 Å². The largest absolute Gasteiger partial charge is 0.316 e. The van der Waals surface area contributed by atoms with Gasteiger partial charge in [-0.25, -0.2) is 0 Å². The van der Waals surface area contributed by atoms with Gasteiger partial charge in [-0.3, -0.25) is 0 Å². The van der Waals surface area contributed by atoms with Crippen molar-refractivity contribution in [3.05, 3.63) is 35.4 Å². The topological polar surface area (TPSA) is 12.0 Å². The minimum atomic E-state index is 0.270. The first-order chi connectivity index (χ1) is 8.55. The Morgan fingerprint density at radius 3 is 2.44 bits per heavy atom. The van der Waals surface area contributed by atoms with Gasteiger partial charge in [-0.1, -0.05) is 45.0 Å². The van der Waals surface area contributed by atoms with E-state index >= 15 is 0 Å². The standard InChI is InChI=1S/C17H27N/c1-17(2,3)16-10-8-14(9-11-16)6-7-15-5-4-12-18-13-15/h8-11,15,18H,4-7,12-13H2,1-3H3. The fourth-order valence-corrected chi connectivity index (χ4v) is 2.71. The van der Waals surface area contributed by atoms with Gasteiger partial charge in [-0.2, -0.15) is 0 Å². The van der Waals surface area contributed by atoms with Gasteiger partial charge < -0.3 is 5.32 Å². The molecule has 1 aromatic carbocycles. The minimum Gasteiger partial charge on any atom is -0.316 e. The molecule has 0 amide bonds. The van der Waals surface area contributed by atoms with Crippen molar-refractivity contribution in [2.45, 2.75) is 51.9 Å². The SMILES string of the molecule is CC(C)(C)c1ccc(CCC2CCCNC2)cc1. The maximum atomic E-state index is 3.50. The Balaban J connectivity index is 1.86. The molecule has 18 heavy (non-hydrogen) atoms. The average Bonchev–Trinajstić information content (AvgIpc) is 2.37. The molecule has 1 fully saturated rings. The fraction of sp³-hybridized carbons (Fsp3) is 0.647. The molecule has 1 atom stereocenters. The van der Waals surface area contributed by atoms with Crippen molar-refractivity contribution < 1.29 is 0 Å². The Morgan fingerprint density at radius 2 is 1.89 bits per heavy atom. The number of rotatable bonds is 3. The molecule has 2 rings (SSSR count). The highest BCUT2D eigenvalue weighted by Crippen LogP contribution is 2.23. The summed E-state index contributed by atoms with van der Waals surface area (Å²) in [6.07, 6.45) is 5.33. The Labute approximate surface area is 112 Å². The molecule has 1 aromatic rings. The quantitative estimate of drug-likeness (QED) is 0.851. The Kier molecular flexibility index (Phi) is 4.45. The van der Waals surface area contributed by atoms with E-state index in [1.165, 1.54) is 49.9 Å². The minimum absolute atomic E-state index is 0.270. The number of piperidine rings is 1. The summed E-state index contributed by atoms with van der Waals surface area (Å²) in [4.78, 5) is 0. The second-order valence-electron chi connectivity index (χ2n) is 6.70. The van der Waals surface area contributed by atoms with E-state index in [1.54, 1.807) is 0 Å². The Hall–Kier alpha value is -0.820. The van der Waals surface area contributed by atoms with Crippen molar-refractivity contribution in [3.63, 3.8) is 0 Å². The molecule has 1 N–H and O–H groups in total. The van der Waals surface area contributed by atoms with Crippen LogP contribution in [0, 0.1) is 5.92 Å². The van der Waals surface area contributed by atoms with Crippen LogP contribution in [-0.4, -0.2) is 13.1 Å². The van der Waals surface area contributed by atoms with Crippen LogP contribution in [0.3, 0.4) is 0 Å². The zero-order chi connectivity index (χ0) is 13.0. The van der Waals surface area contributed by atoms with Crippen LogP contribution in [0.25, 0.3) is 0 Å². The predicted octanol–water partition coefficient (Wildman–Crippen LogP) is 3.92. The molecule has 1 heterocycles. The molecule has 0 bridgehead atoms. The first kappa shape index (κ1) is 13.6. The van der Waals surface area contributed by atoms with Crippen LogP contribution in [0.2, 0.25) is 0 Å². The van der Waals surface area contributed by atoms with Gasteiger partial charge in [0.25, 0.3) is 0 Å². The summed E-state index contributed by atoms with van der Waals surface area (Å²) in [5.41, 5.74) is 3.20. The highest BCUT2D eigenvalue weighted by molar-refractivity contribution is 5.27. The molecular formula is C17H27N. The molecule has 0 radical (unpaired) electrons. The molecule has 1 unspecified atom stereocenters. The zero-order valence-electron chi connectivity index (χ0n) is 12.1. The second-order valence-corrected chi connectivity index (χ2v) is 6.70. The maximum Gasteiger partial charge on any atom is -0.00204 e. The second kappa shape index (κ2) is 5.88. The molecule has 1 saturated heterocycles.